The first kappa shape index (κ1) is 39.5. The molecule has 0 N–H and O–H groups in total. The Balaban J connectivity index is 1.04. The Morgan fingerprint density at radius 1 is 0.661 bits per heavy atom. The monoisotopic (exact) mass is 784 g/mol. The summed E-state index contributed by atoms with van der Waals surface area (Å²) in [6, 6.07) is 27.2. The summed E-state index contributed by atoms with van der Waals surface area (Å²) in [5.41, 5.74) is 5.27. The van der Waals surface area contributed by atoms with E-state index in [1.165, 1.54) is 46.4 Å². The zero-order valence-electron chi connectivity index (χ0n) is 33.9. The summed E-state index contributed by atoms with van der Waals surface area (Å²) in [5, 5.41) is 0. The number of imide groups is 2. The Morgan fingerprint density at radius 3 is 1.79 bits per heavy atom. The van der Waals surface area contributed by atoms with Gasteiger partial charge in [0.2, 0.25) is 0 Å². The standard InChI is InChI=1S/C46H52N2O6Si2/c1-9-10-25-55(5,6)54-56(7,8)26-13-24-47-41(50)34-22-16-30(27-36(34)42(47)51)40(49)31-17-23-35-37(28-31)44(53)48(43(35)52)33-20-18-32(19-21-33)46(4)29-45(2,3)38-14-11-12-15-39(38)46/h11-12,14-23,27-28H,9-10,13,24-26,29H2,1-8H3. The van der Waals surface area contributed by atoms with Crippen LogP contribution in [-0.2, 0) is 14.9 Å². The molecule has 56 heavy (non-hydrogen) atoms. The summed E-state index contributed by atoms with van der Waals surface area (Å²) >= 11 is 0. The van der Waals surface area contributed by atoms with E-state index in [4.69, 9.17) is 4.12 Å². The Kier molecular flexibility index (Phi) is 10.1. The number of fused-ring (bicyclic) bond motifs is 3. The van der Waals surface area contributed by atoms with E-state index in [1.807, 2.05) is 24.3 Å². The van der Waals surface area contributed by atoms with Gasteiger partial charge in [-0.1, -0.05) is 89.1 Å². The van der Waals surface area contributed by atoms with Crippen LogP contribution in [0.3, 0.4) is 0 Å². The fourth-order valence-electron chi connectivity index (χ4n) is 9.40. The molecule has 0 bridgehead atoms. The second-order valence-corrected chi connectivity index (χ2v) is 26.7. The Morgan fingerprint density at radius 2 is 1.18 bits per heavy atom. The number of ketones is 1. The summed E-state index contributed by atoms with van der Waals surface area (Å²) in [5.74, 6) is -2.13. The molecule has 4 amide bonds. The third kappa shape index (κ3) is 6.96. The molecular weight excluding hydrogens is 733 g/mol. The first-order valence-corrected chi connectivity index (χ1v) is 26.1. The van der Waals surface area contributed by atoms with Crippen LogP contribution in [0.5, 0.6) is 0 Å². The number of carbonyl (C=O) groups is 5. The van der Waals surface area contributed by atoms with Gasteiger partial charge in [-0.3, -0.25) is 28.9 Å². The number of carbonyl (C=O) groups excluding carboxylic acids is 5. The fraction of sp³-hybridized carbons (Fsp3) is 0.370. The Labute approximate surface area is 332 Å². The fourth-order valence-corrected chi connectivity index (χ4v) is 18.4. The second kappa shape index (κ2) is 14.3. The van der Waals surface area contributed by atoms with Crippen LogP contribution >= 0.6 is 0 Å². The van der Waals surface area contributed by atoms with Crippen molar-refractivity contribution in [2.24, 2.45) is 0 Å². The third-order valence-corrected chi connectivity index (χ3v) is 19.6. The minimum atomic E-state index is -1.99. The maximum atomic E-state index is 13.8. The van der Waals surface area contributed by atoms with Crippen LogP contribution in [0.2, 0.25) is 38.3 Å². The molecule has 0 saturated carbocycles. The van der Waals surface area contributed by atoms with Crippen molar-refractivity contribution in [1.29, 1.82) is 0 Å². The predicted octanol–water partition coefficient (Wildman–Crippen LogP) is 9.92. The van der Waals surface area contributed by atoms with E-state index in [0.29, 0.717) is 12.1 Å². The van der Waals surface area contributed by atoms with E-state index in [2.05, 4.69) is 78.1 Å². The van der Waals surface area contributed by atoms with E-state index in [9.17, 15) is 24.0 Å². The number of hydrogen-bond acceptors (Lipinski definition) is 6. The molecule has 0 saturated heterocycles. The molecular formula is C46H52N2O6Si2. The largest absolute Gasteiger partial charge is 0.455 e. The van der Waals surface area contributed by atoms with Gasteiger partial charge >= 0.3 is 0 Å². The van der Waals surface area contributed by atoms with E-state index in [1.54, 1.807) is 6.07 Å². The molecule has 1 unspecified atom stereocenters. The molecule has 0 aromatic heterocycles. The van der Waals surface area contributed by atoms with Crippen LogP contribution in [-0.4, -0.2) is 57.5 Å². The van der Waals surface area contributed by atoms with Gasteiger partial charge in [-0.25, -0.2) is 4.90 Å². The summed E-state index contributed by atoms with van der Waals surface area (Å²) in [6.45, 7) is 18.2. The van der Waals surface area contributed by atoms with Gasteiger partial charge in [-0.15, -0.1) is 0 Å². The first-order valence-electron chi connectivity index (χ1n) is 19.9. The van der Waals surface area contributed by atoms with Crippen molar-refractivity contribution in [3.63, 3.8) is 0 Å². The number of unbranched alkanes of at least 4 members (excludes halogenated alkanes) is 1. The van der Waals surface area contributed by atoms with Crippen LogP contribution in [0.25, 0.3) is 0 Å². The summed E-state index contributed by atoms with van der Waals surface area (Å²) in [7, 11) is -3.77. The summed E-state index contributed by atoms with van der Waals surface area (Å²) < 4.78 is 6.71. The molecule has 2 heterocycles. The van der Waals surface area contributed by atoms with Gasteiger partial charge in [0.1, 0.15) is 0 Å². The third-order valence-electron chi connectivity index (χ3n) is 12.0. The highest BCUT2D eigenvalue weighted by Crippen LogP contribution is 2.52. The SMILES string of the molecule is CCCC[Si](C)(C)O[Si](C)(C)CCCN1C(=O)c2ccc(C(=O)c3ccc4c(c3)C(=O)N(c3ccc(C5(C)CC(C)(C)c6ccccc65)cc3)C4=O)cc2C1=O. The molecule has 0 fully saturated rings. The molecule has 1 atom stereocenters. The Bertz CT molecular complexity index is 2290. The zero-order valence-corrected chi connectivity index (χ0v) is 35.9. The highest BCUT2D eigenvalue weighted by molar-refractivity contribution is 6.84. The van der Waals surface area contributed by atoms with Gasteiger partial charge in [-0.2, -0.15) is 0 Å². The van der Waals surface area contributed by atoms with Crippen molar-refractivity contribution in [1.82, 2.24) is 4.90 Å². The number of amides is 4. The molecule has 0 spiro atoms. The smallest absolute Gasteiger partial charge is 0.266 e. The average Bonchev–Trinajstić information content (AvgIpc) is 3.65. The predicted molar refractivity (Wildman–Crippen MR) is 225 cm³/mol. The van der Waals surface area contributed by atoms with E-state index >= 15 is 0 Å². The van der Waals surface area contributed by atoms with E-state index in [-0.39, 0.29) is 56.7 Å². The number of anilines is 1. The maximum Gasteiger partial charge on any atom is 0.266 e. The summed E-state index contributed by atoms with van der Waals surface area (Å²) in [6.07, 6.45) is 3.90. The normalized spacial score (nSPS) is 18.8. The molecule has 2 aliphatic heterocycles. The van der Waals surface area contributed by atoms with Crippen molar-refractivity contribution in [2.45, 2.75) is 102 Å². The molecule has 8 nitrogen and oxygen atoms in total. The topological polar surface area (TPSA) is 101 Å². The van der Waals surface area contributed by atoms with Crippen molar-refractivity contribution >= 4 is 51.7 Å². The molecule has 0 radical (unpaired) electrons. The van der Waals surface area contributed by atoms with Gasteiger partial charge in [0.15, 0.2) is 22.4 Å². The molecule has 4 aromatic carbocycles. The number of nitrogens with zero attached hydrogens (tertiary/aromatic N) is 2. The van der Waals surface area contributed by atoms with Crippen LogP contribution in [0.1, 0.15) is 127 Å². The number of benzene rings is 4. The van der Waals surface area contributed by atoms with Crippen LogP contribution < -0.4 is 4.90 Å². The quantitative estimate of drug-likeness (QED) is 0.0760. The lowest BCUT2D eigenvalue weighted by molar-refractivity contribution is 0.0652. The zero-order chi connectivity index (χ0) is 40.4. The van der Waals surface area contributed by atoms with Gasteiger partial charge < -0.3 is 4.12 Å². The van der Waals surface area contributed by atoms with E-state index < -0.39 is 40.1 Å². The van der Waals surface area contributed by atoms with Crippen LogP contribution in [0, 0.1) is 0 Å². The minimum absolute atomic E-state index is 0.00939. The van der Waals surface area contributed by atoms with Crippen molar-refractivity contribution < 1.29 is 28.1 Å². The van der Waals surface area contributed by atoms with Crippen molar-refractivity contribution in [3.8, 4) is 0 Å². The van der Waals surface area contributed by atoms with Crippen LogP contribution in [0.4, 0.5) is 5.69 Å². The lowest BCUT2D eigenvalue weighted by Gasteiger charge is -2.34. The Hall–Kier alpha value is -4.78. The van der Waals surface area contributed by atoms with Crippen LogP contribution in [0.15, 0.2) is 84.9 Å². The average molecular weight is 785 g/mol. The lowest BCUT2D eigenvalue weighted by Crippen LogP contribution is -2.44. The number of hydrogen-bond donors (Lipinski definition) is 0. The highest BCUT2D eigenvalue weighted by Gasteiger charge is 2.46. The van der Waals surface area contributed by atoms with Gasteiger partial charge in [-0.05, 0) is 110 Å². The van der Waals surface area contributed by atoms with Gasteiger partial charge in [0.25, 0.3) is 23.6 Å². The lowest BCUT2D eigenvalue weighted by atomic mass is 9.75. The van der Waals surface area contributed by atoms with E-state index in [0.717, 1.165) is 41.8 Å². The molecule has 3 aliphatic rings. The minimum Gasteiger partial charge on any atom is -0.455 e. The molecule has 7 rings (SSSR count). The van der Waals surface area contributed by atoms with Gasteiger partial charge in [0.05, 0.1) is 27.9 Å². The van der Waals surface area contributed by atoms with Crippen molar-refractivity contribution in [2.75, 3.05) is 11.4 Å². The highest BCUT2D eigenvalue weighted by atomic mass is 28.4. The molecule has 4 aromatic rings. The summed E-state index contributed by atoms with van der Waals surface area (Å²) in [4.78, 5) is 70.5. The van der Waals surface area contributed by atoms with Crippen molar-refractivity contribution in [3.05, 3.63) is 135 Å². The van der Waals surface area contributed by atoms with Gasteiger partial charge in [0, 0.05) is 23.1 Å². The molecule has 1 aliphatic carbocycles. The molecule has 10 heteroatoms. The second-order valence-electron chi connectivity index (χ2n) is 17.9. The first-order chi connectivity index (χ1) is 26.4. The molecule has 290 valence electrons. The maximum absolute atomic E-state index is 13.8. The number of rotatable bonds is 13.